The zero-order valence-electron chi connectivity index (χ0n) is 16.8. The van der Waals surface area contributed by atoms with Crippen molar-refractivity contribution < 1.29 is 14.3 Å². The molecule has 0 spiro atoms. The maximum atomic E-state index is 13.0. The van der Waals surface area contributed by atoms with Gasteiger partial charge in [0.15, 0.2) is 0 Å². The lowest BCUT2D eigenvalue weighted by atomic mass is 10.1. The predicted molar refractivity (Wildman–Crippen MR) is 114 cm³/mol. The summed E-state index contributed by atoms with van der Waals surface area (Å²) in [6, 6.07) is 16.8. The summed E-state index contributed by atoms with van der Waals surface area (Å²) in [4.78, 5) is 19.8. The van der Waals surface area contributed by atoms with Gasteiger partial charge < -0.3 is 14.4 Å². The van der Waals surface area contributed by atoms with Gasteiger partial charge in [-0.1, -0.05) is 30.3 Å². The number of hydrogen-bond acceptors (Lipinski definition) is 5. The summed E-state index contributed by atoms with van der Waals surface area (Å²) < 4.78 is 12.5. The van der Waals surface area contributed by atoms with Crippen molar-refractivity contribution in [3.8, 4) is 6.01 Å². The minimum absolute atomic E-state index is 0.0246. The van der Waals surface area contributed by atoms with Crippen molar-refractivity contribution in [1.29, 1.82) is 0 Å². The number of carbonyl (C=O) groups excluding carboxylic acids is 1. The van der Waals surface area contributed by atoms with Crippen LogP contribution in [0, 0.1) is 0 Å². The van der Waals surface area contributed by atoms with E-state index in [0.717, 1.165) is 62.3 Å². The molecule has 29 heavy (non-hydrogen) atoms. The fraction of sp³-hybridized carbons (Fsp3) is 0.391. The molecule has 152 valence electrons. The average molecular weight is 393 g/mol. The number of imidazole rings is 1. The van der Waals surface area contributed by atoms with E-state index in [1.165, 1.54) is 5.56 Å². The van der Waals surface area contributed by atoms with E-state index in [1.807, 2.05) is 18.2 Å². The van der Waals surface area contributed by atoms with E-state index in [9.17, 15) is 4.79 Å². The first-order valence-corrected chi connectivity index (χ1v) is 10.2. The van der Waals surface area contributed by atoms with Crippen LogP contribution in [-0.4, -0.2) is 48.9 Å². The number of aryl methyl sites for hydroxylation is 1. The van der Waals surface area contributed by atoms with Gasteiger partial charge in [-0.15, -0.1) is 0 Å². The van der Waals surface area contributed by atoms with Crippen LogP contribution in [0.4, 0.5) is 5.69 Å². The molecule has 1 aromatic heterocycles. The van der Waals surface area contributed by atoms with Gasteiger partial charge in [0.1, 0.15) is 0 Å². The Morgan fingerprint density at radius 2 is 1.90 bits per heavy atom. The Hall–Kier alpha value is -2.86. The molecular weight excluding hydrogens is 366 g/mol. The third-order valence-corrected chi connectivity index (χ3v) is 5.36. The Balaban J connectivity index is 1.49. The van der Waals surface area contributed by atoms with Crippen molar-refractivity contribution in [2.45, 2.75) is 25.7 Å². The minimum Gasteiger partial charge on any atom is -0.468 e. The number of methoxy groups -OCH3 is 1. The summed E-state index contributed by atoms with van der Waals surface area (Å²) >= 11 is 0. The third-order valence-electron chi connectivity index (χ3n) is 5.36. The van der Waals surface area contributed by atoms with Gasteiger partial charge in [0, 0.05) is 25.2 Å². The number of ether oxygens (including phenoxy) is 2. The molecular formula is C23H27N3O3. The second kappa shape index (κ2) is 9.09. The van der Waals surface area contributed by atoms with Gasteiger partial charge in [-0.25, -0.2) is 4.57 Å². The lowest BCUT2D eigenvalue weighted by molar-refractivity contribution is 0.0893. The molecule has 0 amide bonds. The molecule has 1 aliphatic heterocycles. The van der Waals surface area contributed by atoms with Gasteiger partial charge in [-0.3, -0.25) is 4.79 Å². The van der Waals surface area contributed by atoms with E-state index >= 15 is 0 Å². The lowest BCUT2D eigenvalue weighted by Gasteiger charge is -2.28. The van der Waals surface area contributed by atoms with E-state index in [0.29, 0.717) is 12.4 Å². The Kier molecular flexibility index (Phi) is 6.10. The van der Waals surface area contributed by atoms with Crippen LogP contribution in [0.1, 0.15) is 29.6 Å². The number of morpholine rings is 1. The largest absolute Gasteiger partial charge is 0.468 e. The molecule has 4 rings (SSSR count). The molecule has 0 bridgehead atoms. The van der Waals surface area contributed by atoms with E-state index in [4.69, 9.17) is 9.47 Å². The highest BCUT2D eigenvalue weighted by Gasteiger charge is 2.19. The number of unbranched alkanes of at least 4 members (excludes halogenated alkanes) is 1. The summed E-state index contributed by atoms with van der Waals surface area (Å²) in [5, 5.41) is 0. The Labute approximate surface area is 171 Å². The average Bonchev–Trinajstić information content (AvgIpc) is 3.16. The first kappa shape index (κ1) is 19.5. The highest BCUT2D eigenvalue weighted by Crippen LogP contribution is 2.27. The van der Waals surface area contributed by atoms with Crippen LogP contribution in [0.3, 0.4) is 0 Å². The molecule has 6 heteroatoms. The number of hydrogen-bond donors (Lipinski definition) is 0. The zero-order valence-corrected chi connectivity index (χ0v) is 16.8. The second-order valence-corrected chi connectivity index (χ2v) is 7.29. The highest BCUT2D eigenvalue weighted by molar-refractivity contribution is 5.93. The molecule has 3 aromatic rings. The van der Waals surface area contributed by atoms with Crippen molar-refractivity contribution in [1.82, 2.24) is 9.55 Å². The van der Waals surface area contributed by atoms with Gasteiger partial charge in [0.2, 0.25) is 5.91 Å². The predicted octanol–water partition coefficient (Wildman–Crippen LogP) is 3.93. The smallest absolute Gasteiger partial charge is 0.304 e. The number of aromatic nitrogens is 2. The lowest BCUT2D eigenvalue weighted by Crippen LogP contribution is -2.36. The third kappa shape index (κ3) is 4.43. The maximum absolute atomic E-state index is 13.0. The number of rotatable bonds is 7. The molecule has 1 fully saturated rings. The van der Waals surface area contributed by atoms with E-state index in [1.54, 1.807) is 11.7 Å². The van der Waals surface area contributed by atoms with Gasteiger partial charge >= 0.3 is 6.01 Å². The van der Waals surface area contributed by atoms with Crippen LogP contribution in [0.25, 0.3) is 11.0 Å². The quantitative estimate of drug-likeness (QED) is 0.569. The molecule has 0 radical (unpaired) electrons. The Bertz CT molecular complexity index is 962. The molecule has 2 heterocycles. The summed E-state index contributed by atoms with van der Waals surface area (Å²) in [6.45, 7) is 3.15. The fourth-order valence-electron chi connectivity index (χ4n) is 3.80. The molecule has 0 unspecified atom stereocenters. The molecule has 0 saturated carbocycles. The first-order chi connectivity index (χ1) is 14.3. The molecule has 6 nitrogen and oxygen atoms in total. The fourth-order valence-corrected chi connectivity index (χ4v) is 3.80. The molecule has 2 aromatic carbocycles. The summed E-state index contributed by atoms with van der Waals surface area (Å²) in [5.41, 5.74) is 3.97. The Morgan fingerprint density at radius 1 is 1.10 bits per heavy atom. The normalized spacial score (nSPS) is 14.3. The molecule has 1 aliphatic rings. The van der Waals surface area contributed by atoms with Crippen molar-refractivity contribution >= 4 is 22.6 Å². The van der Waals surface area contributed by atoms with Gasteiger partial charge in [-0.05, 0) is 43.0 Å². The van der Waals surface area contributed by atoms with Crippen molar-refractivity contribution in [2.75, 3.05) is 38.3 Å². The van der Waals surface area contributed by atoms with Crippen LogP contribution in [0.2, 0.25) is 0 Å². The molecule has 0 atom stereocenters. The molecule has 0 aliphatic carbocycles. The van der Waals surface area contributed by atoms with Crippen molar-refractivity contribution in [3.05, 3.63) is 54.1 Å². The summed E-state index contributed by atoms with van der Waals surface area (Å²) in [6.07, 6.45) is 3.26. The summed E-state index contributed by atoms with van der Waals surface area (Å²) in [7, 11) is 1.56. The first-order valence-electron chi connectivity index (χ1n) is 10.2. The van der Waals surface area contributed by atoms with Crippen molar-refractivity contribution in [2.24, 2.45) is 0 Å². The van der Waals surface area contributed by atoms with E-state index in [-0.39, 0.29) is 5.91 Å². The molecule has 1 saturated heterocycles. The minimum atomic E-state index is 0.0246. The second-order valence-electron chi connectivity index (χ2n) is 7.29. The van der Waals surface area contributed by atoms with Gasteiger partial charge in [0.05, 0.1) is 31.4 Å². The SMILES string of the molecule is COc1nc2ccc(N3CCOCC3)cc2n1C(=O)CCCCc1ccccc1. The van der Waals surface area contributed by atoms with E-state index in [2.05, 4.69) is 40.2 Å². The summed E-state index contributed by atoms with van der Waals surface area (Å²) in [5.74, 6) is 0.0246. The maximum Gasteiger partial charge on any atom is 0.304 e. The van der Waals surface area contributed by atoms with Crippen LogP contribution in [0.15, 0.2) is 48.5 Å². The van der Waals surface area contributed by atoms with Crippen LogP contribution < -0.4 is 9.64 Å². The number of fused-ring (bicyclic) bond motifs is 1. The number of carbonyl (C=O) groups is 1. The topological polar surface area (TPSA) is 56.6 Å². The van der Waals surface area contributed by atoms with Crippen molar-refractivity contribution in [3.63, 3.8) is 0 Å². The number of benzene rings is 2. The monoisotopic (exact) mass is 393 g/mol. The highest BCUT2D eigenvalue weighted by atomic mass is 16.5. The standard InChI is InChI=1S/C23H27N3O3/c1-28-23-24-20-12-11-19(25-13-15-29-16-14-25)17-21(20)26(23)22(27)10-6-5-9-18-7-3-2-4-8-18/h2-4,7-8,11-12,17H,5-6,9-10,13-16H2,1H3. The Morgan fingerprint density at radius 3 is 2.66 bits per heavy atom. The van der Waals surface area contributed by atoms with Crippen LogP contribution in [0.5, 0.6) is 6.01 Å². The zero-order chi connectivity index (χ0) is 20.1. The van der Waals surface area contributed by atoms with Gasteiger partial charge in [0.25, 0.3) is 0 Å². The van der Waals surface area contributed by atoms with Crippen LogP contribution >= 0.6 is 0 Å². The molecule has 0 N–H and O–H groups in total. The van der Waals surface area contributed by atoms with Crippen LogP contribution in [-0.2, 0) is 11.2 Å². The van der Waals surface area contributed by atoms with E-state index < -0.39 is 0 Å². The van der Waals surface area contributed by atoms with Gasteiger partial charge in [-0.2, -0.15) is 4.98 Å². The number of anilines is 1. The number of nitrogens with zero attached hydrogens (tertiary/aromatic N) is 3.